The number of ether oxygens (including phenoxy) is 2. The molecule has 0 aromatic carbocycles. The lowest BCUT2D eigenvalue weighted by Gasteiger charge is -2.58. The van der Waals surface area contributed by atoms with E-state index in [1.165, 1.54) is 5.57 Å². The van der Waals surface area contributed by atoms with Gasteiger partial charge in [0.1, 0.15) is 0 Å². The van der Waals surface area contributed by atoms with Crippen LogP contribution in [0, 0.1) is 17.8 Å². The van der Waals surface area contributed by atoms with Crippen molar-refractivity contribution in [3.05, 3.63) is 11.6 Å². The lowest BCUT2D eigenvalue weighted by Crippen LogP contribution is -2.68. The van der Waals surface area contributed by atoms with Gasteiger partial charge >= 0.3 is 0 Å². The largest absolute Gasteiger partial charge is 0.346 e. The van der Waals surface area contributed by atoms with E-state index in [1.807, 2.05) is 6.92 Å². The molecule has 4 fully saturated rings. The summed E-state index contributed by atoms with van der Waals surface area (Å²) in [5, 5.41) is 0. The number of rotatable bonds is 0. The Morgan fingerprint density at radius 3 is 2.85 bits per heavy atom. The zero-order valence-electron chi connectivity index (χ0n) is 12.7. The molecular formula is C16H24O4. The first-order valence-corrected chi connectivity index (χ1v) is 7.83. The van der Waals surface area contributed by atoms with Crippen LogP contribution >= 0.6 is 0 Å². The van der Waals surface area contributed by atoms with Gasteiger partial charge in [-0.15, -0.1) is 0 Å². The fourth-order valence-electron chi connectivity index (χ4n) is 4.62. The van der Waals surface area contributed by atoms with Crippen molar-refractivity contribution in [2.45, 2.75) is 70.7 Å². The van der Waals surface area contributed by atoms with E-state index in [4.69, 9.17) is 19.2 Å². The first kappa shape index (κ1) is 13.3. The molecular weight excluding hydrogens is 256 g/mol. The van der Waals surface area contributed by atoms with Crippen LogP contribution in [-0.4, -0.2) is 23.8 Å². The van der Waals surface area contributed by atoms with Gasteiger partial charge in [0.2, 0.25) is 5.79 Å². The van der Waals surface area contributed by atoms with Crippen molar-refractivity contribution in [3.63, 3.8) is 0 Å². The van der Waals surface area contributed by atoms with E-state index >= 15 is 0 Å². The number of hydrogen-bond donors (Lipinski definition) is 0. The Hall–Kier alpha value is -0.420. The van der Waals surface area contributed by atoms with Crippen LogP contribution in [0.25, 0.3) is 0 Å². The fourth-order valence-corrected chi connectivity index (χ4v) is 4.62. The summed E-state index contributed by atoms with van der Waals surface area (Å²) in [4.78, 5) is 11.8. The highest BCUT2D eigenvalue weighted by molar-refractivity contribution is 5.22. The predicted molar refractivity (Wildman–Crippen MR) is 72.5 cm³/mol. The maximum atomic E-state index is 6.20. The Bertz CT molecular complexity index is 461. The van der Waals surface area contributed by atoms with Gasteiger partial charge in [0.15, 0.2) is 11.9 Å². The molecule has 1 spiro atoms. The molecule has 4 heteroatoms. The maximum Gasteiger partial charge on any atom is 0.201 e. The van der Waals surface area contributed by atoms with Crippen molar-refractivity contribution >= 4 is 0 Å². The third-order valence-corrected chi connectivity index (χ3v) is 6.06. The summed E-state index contributed by atoms with van der Waals surface area (Å²) >= 11 is 0. The van der Waals surface area contributed by atoms with Crippen molar-refractivity contribution in [3.8, 4) is 0 Å². The fraction of sp³-hybridized carbons (Fsp3) is 0.875. The van der Waals surface area contributed by atoms with E-state index in [-0.39, 0.29) is 12.4 Å². The summed E-state index contributed by atoms with van der Waals surface area (Å²) in [6, 6.07) is 0. The van der Waals surface area contributed by atoms with Crippen LogP contribution in [0.3, 0.4) is 0 Å². The molecule has 0 N–H and O–H groups in total. The second-order valence-corrected chi connectivity index (χ2v) is 7.19. The first-order valence-electron chi connectivity index (χ1n) is 7.83. The average molecular weight is 280 g/mol. The monoisotopic (exact) mass is 280 g/mol. The highest BCUT2D eigenvalue weighted by Gasteiger charge is 2.67. The number of fused-ring (bicyclic) bond motifs is 2. The Morgan fingerprint density at radius 2 is 2.05 bits per heavy atom. The molecule has 0 radical (unpaired) electrons. The minimum Gasteiger partial charge on any atom is -0.346 e. The SMILES string of the molecule is CC1=CC[C@H]2[C@@H](C)C(C)O[C@@H]3O[C@]4(C)CC[C@@H]1[C@]32OO4. The molecule has 0 amide bonds. The quantitative estimate of drug-likeness (QED) is 0.504. The smallest absolute Gasteiger partial charge is 0.201 e. The second kappa shape index (κ2) is 4.07. The van der Waals surface area contributed by atoms with Gasteiger partial charge in [-0.2, -0.15) is 0 Å². The van der Waals surface area contributed by atoms with Crippen LogP contribution in [0.15, 0.2) is 11.6 Å². The number of hydrogen-bond acceptors (Lipinski definition) is 4. The van der Waals surface area contributed by atoms with Gasteiger partial charge in [-0.1, -0.05) is 18.6 Å². The lowest BCUT2D eigenvalue weighted by molar-refractivity contribution is -0.566. The zero-order valence-corrected chi connectivity index (χ0v) is 12.7. The maximum absolute atomic E-state index is 6.20. The summed E-state index contributed by atoms with van der Waals surface area (Å²) in [6.07, 6.45) is 5.17. The topological polar surface area (TPSA) is 36.9 Å². The second-order valence-electron chi connectivity index (χ2n) is 7.19. The van der Waals surface area contributed by atoms with Crippen LogP contribution in [0.5, 0.6) is 0 Å². The van der Waals surface area contributed by atoms with Gasteiger partial charge in [-0.05, 0) is 39.5 Å². The molecule has 0 aromatic rings. The van der Waals surface area contributed by atoms with Crippen LogP contribution in [-0.2, 0) is 19.2 Å². The Morgan fingerprint density at radius 1 is 1.25 bits per heavy atom. The van der Waals surface area contributed by atoms with E-state index in [0.29, 0.717) is 17.8 Å². The minimum absolute atomic E-state index is 0.189. The van der Waals surface area contributed by atoms with E-state index in [9.17, 15) is 0 Å². The molecule has 7 atom stereocenters. The predicted octanol–water partition coefficient (Wildman–Crippen LogP) is 3.18. The Labute approximate surface area is 120 Å². The van der Waals surface area contributed by atoms with Gasteiger partial charge in [0.25, 0.3) is 0 Å². The van der Waals surface area contributed by atoms with Crippen molar-refractivity contribution in [1.82, 2.24) is 0 Å². The van der Waals surface area contributed by atoms with Gasteiger partial charge in [0.05, 0.1) is 6.10 Å². The van der Waals surface area contributed by atoms with Crippen molar-refractivity contribution < 1.29 is 19.2 Å². The third kappa shape index (κ3) is 1.51. The summed E-state index contributed by atoms with van der Waals surface area (Å²) in [5.74, 6) is 0.504. The Balaban J connectivity index is 1.86. The van der Waals surface area contributed by atoms with Crippen LogP contribution in [0.1, 0.15) is 47.0 Å². The molecule has 4 saturated heterocycles. The first-order chi connectivity index (χ1) is 9.46. The molecule has 4 aliphatic heterocycles. The molecule has 2 bridgehead atoms. The van der Waals surface area contributed by atoms with Crippen molar-refractivity contribution in [1.29, 1.82) is 0 Å². The van der Waals surface area contributed by atoms with Crippen LogP contribution in [0.2, 0.25) is 0 Å². The van der Waals surface area contributed by atoms with E-state index in [2.05, 4.69) is 26.8 Å². The standard InChI is InChI=1S/C16H24O4/c1-9-5-6-13-10(2)11(3)17-14-16(13)12(9)7-8-15(4,18-14)19-20-16/h5,10-14H,6-8H2,1-4H3/t10-,11?,12-,13-,14+,15-,16+/m0/s1. The molecule has 0 aromatic heterocycles. The summed E-state index contributed by atoms with van der Waals surface area (Å²) in [6.45, 7) is 8.56. The highest BCUT2D eigenvalue weighted by atomic mass is 17.3. The highest BCUT2D eigenvalue weighted by Crippen LogP contribution is 2.59. The summed E-state index contributed by atoms with van der Waals surface area (Å²) < 4.78 is 12.4. The van der Waals surface area contributed by atoms with Gasteiger partial charge in [-0.3, -0.25) is 0 Å². The molecule has 4 nitrogen and oxygen atoms in total. The molecule has 20 heavy (non-hydrogen) atoms. The summed E-state index contributed by atoms with van der Waals surface area (Å²) in [5.41, 5.74) is 0.941. The molecule has 0 saturated carbocycles. The molecule has 4 heterocycles. The normalized spacial score (nSPS) is 57.8. The average Bonchev–Trinajstić information content (AvgIpc) is 2.63. The van der Waals surface area contributed by atoms with E-state index in [1.54, 1.807) is 0 Å². The van der Waals surface area contributed by atoms with Crippen LogP contribution in [0.4, 0.5) is 0 Å². The summed E-state index contributed by atoms with van der Waals surface area (Å²) in [7, 11) is 0. The third-order valence-electron chi connectivity index (χ3n) is 6.06. The van der Waals surface area contributed by atoms with Crippen molar-refractivity contribution in [2.24, 2.45) is 17.8 Å². The van der Waals surface area contributed by atoms with Gasteiger partial charge in [0, 0.05) is 18.3 Å². The van der Waals surface area contributed by atoms with E-state index < -0.39 is 11.4 Å². The molecule has 1 unspecified atom stereocenters. The molecule has 5 aliphatic rings. The Kier molecular flexibility index (Phi) is 2.70. The molecule has 5 rings (SSSR count). The minimum atomic E-state index is -0.668. The lowest BCUT2D eigenvalue weighted by atomic mass is 9.61. The van der Waals surface area contributed by atoms with Crippen LogP contribution < -0.4 is 0 Å². The number of allylic oxidation sites excluding steroid dienone is 1. The molecule has 112 valence electrons. The van der Waals surface area contributed by atoms with Gasteiger partial charge < -0.3 is 9.47 Å². The van der Waals surface area contributed by atoms with E-state index in [0.717, 1.165) is 19.3 Å². The van der Waals surface area contributed by atoms with Gasteiger partial charge in [-0.25, -0.2) is 9.78 Å². The van der Waals surface area contributed by atoms with Crippen molar-refractivity contribution in [2.75, 3.05) is 0 Å². The molecule has 1 aliphatic carbocycles. The zero-order chi connectivity index (χ0) is 14.1.